The Balaban J connectivity index is 1.53. The molecule has 2 aliphatic rings. The van der Waals surface area contributed by atoms with Crippen molar-refractivity contribution in [3.05, 3.63) is 29.7 Å². The van der Waals surface area contributed by atoms with Gasteiger partial charge in [-0.2, -0.15) is 18.3 Å². The van der Waals surface area contributed by atoms with Crippen LogP contribution in [0.1, 0.15) is 49.5 Å². The number of carbonyl (C=O) groups excluding carboxylic acids is 1. The van der Waals surface area contributed by atoms with Crippen molar-refractivity contribution in [1.82, 2.24) is 25.2 Å². The molecule has 2 aromatic rings. The molecule has 2 amide bonds. The third-order valence-electron chi connectivity index (χ3n) is 6.28. The molecule has 0 bridgehead atoms. The van der Waals surface area contributed by atoms with Crippen molar-refractivity contribution in [3.63, 3.8) is 0 Å². The quantitative estimate of drug-likeness (QED) is 0.574. The second-order valence-electron chi connectivity index (χ2n) is 8.65. The Labute approximate surface area is 184 Å². The van der Waals surface area contributed by atoms with Gasteiger partial charge in [0, 0.05) is 25.2 Å². The maximum atomic E-state index is 13.5. The first-order valence-corrected chi connectivity index (χ1v) is 10.5. The van der Waals surface area contributed by atoms with Gasteiger partial charge in [0.15, 0.2) is 5.65 Å². The lowest BCUT2D eigenvalue weighted by Crippen LogP contribution is -2.38. The number of nitrogens with one attached hydrogen (secondary N) is 2. The number of amides is 2. The molecule has 13 heteroatoms. The molecule has 0 radical (unpaired) electrons. The molecule has 33 heavy (non-hydrogen) atoms. The summed E-state index contributed by atoms with van der Waals surface area (Å²) in [6, 6.07) is 0.412. The summed E-state index contributed by atoms with van der Waals surface area (Å²) in [5.41, 5.74) is 1.04. The summed E-state index contributed by atoms with van der Waals surface area (Å²) >= 11 is 0. The second-order valence-corrected chi connectivity index (χ2v) is 8.65. The molecule has 1 aliphatic heterocycles. The van der Waals surface area contributed by atoms with Gasteiger partial charge >= 0.3 is 12.3 Å². The van der Waals surface area contributed by atoms with Gasteiger partial charge < -0.3 is 15.7 Å². The molecule has 0 spiro atoms. The second kappa shape index (κ2) is 8.41. The van der Waals surface area contributed by atoms with Crippen molar-refractivity contribution in [2.24, 2.45) is 11.8 Å². The van der Waals surface area contributed by atoms with Gasteiger partial charge in [-0.05, 0) is 37.3 Å². The first kappa shape index (κ1) is 23.2. The number of halogens is 5. The number of rotatable bonds is 5. The number of aromatic nitrogens is 3. The van der Waals surface area contributed by atoms with Crippen molar-refractivity contribution in [2.45, 2.75) is 62.7 Å². The number of fused-ring (bicyclic) bond motifs is 1. The van der Waals surface area contributed by atoms with E-state index in [0.29, 0.717) is 17.0 Å². The van der Waals surface area contributed by atoms with E-state index in [0.717, 1.165) is 0 Å². The zero-order valence-corrected chi connectivity index (χ0v) is 17.3. The topological polar surface area (TPSA) is 109 Å². The van der Waals surface area contributed by atoms with E-state index in [1.165, 1.54) is 10.7 Å². The molecule has 0 aromatic carbocycles. The van der Waals surface area contributed by atoms with Crippen molar-refractivity contribution in [3.8, 4) is 0 Å². The Morgan fingerprint density at radius 1 is 1.30 bits per heavy atom. The Morgan fingerprint density at radius 2 is 2.00 bits per heavy atom. The fourth-order valence-electron chi connectivity index (χ4n) is 4.54. The van der Waals surface area contributed by atoms with Gasteiger partial charge in [-0.15, -0.1) is 0 Å². The highest BCUT2D eigenvalue weighted by atomic mass is 19.4. The molecule has 3 heterocycles. The predicted molar refractivity (Wildman–Crippen MR) is 104 cm³/mol. The monoisotopic (exact) mass is 475 g/mol. The standard InChI is InChI=1S/C20H22F5N5O3/c21-19(22)5-3-10(4-6-19)16(28-18(32)33)13-9-30-15(26-13)2-1-12(29-30)7-11-8-14(20(23,24)25)27-17(11)31/h1-2,9-11,14,16,28H,3-8H2,(H,27,31)(H,32,33)/t11?,14-,16?/m0/s1. The fraction of sp³-hybridized carbons (Fsp3) is 0.600. The summed E-state index contributed by atoms with van der Waals surface area (Å²) in [5.74, 6) is -4.70. The number of hydrogen-bond acceptors (Lipinski definition) is 4. The van der Waals surface area contributed by atoms with Gasteiger partial charge in [-0.3, -0.25) is 4.79 Å². The molecule has 2 aromatic heterocycles. The van der Waals surface area contributed by atoms with Gasteiger partial charge in [0.05, 0.1) is 23.6 Å². The van der Waals surface area contributed by atoms with Gasteiger partial charge in [-0.25, -0.2) is 23.1 Å². The molecule has 4 rings (SSSR count). The summed E-state index contributed by atoms with van der Waals surface area (Å²) in [6.07, 6.45) is -5.17. The van der Waals surface area contributed by atoms with Crippen LogP contribution < -0.4 is 10.6 Å². The number of alkyl halides is 5. The van der Waals surface area contributed by atoms with E-state index in [1.807, 2.05) is 5.32 Å². The van der Waals surface area contributed by atoms with E-state index >= 15 is 0 Å². The summed E-state index contributed by atoms with van der Waals surface area (Å²) in [5, 5.41) is 17.9. The van der Waals surface area contributed by atoms with Gasteiger partial charge in [0.1, 0.15) is 6.04 Å². The molecular formula is C20H22F5N5O3. The predicted octanol–water partition coefficient (Wildman–Crippen LogP) is 3.47. The molecular weight excluding hydrogens is 453 g/mol. The number of nitrogens with zero attached hydrogens (tertiary/aromatic N) is 3. The van der Waals surface area contributed by atoms with Crippen molar-refractivity contribution in [2.75, 3.05) is 0 Å². The summed E-state index contributed by atoms with van der Waals surface area (Å²) in [7, 11) is 0. The highest BCUT2D eigenvalue weighted by Crippen LogP contribution is 2.41. The lowest BCUT2D eigenvalue weighted by atomic mass is 9.81. The van der Waals surface area contributed by atoms with Crippen LogP contribution >= 0.6 is 0 Å². The lowest BCUT2D eigenvalue weighted by Gasteiger charge is -2.32. The maximum Gasteiger partial charge on any atom is 0.408 e. The minimum atomic E-state index is -4.52. The molecule has 1 saturated heterocycles. The Hall–Kier alpha value is -2.99. The summed E-state index contributed by atoms with van der Waals surface area (Å²) in [6.45, 7) is 0. The van der Waals surface area contributed by atoms with Crippen molar-refractivity contribution >= 4 is 17.6 Å². The third-order valence-corrected chi connectivity index (χ3v) is 6.28. The Morgan fingerprint density at radius 3 is 2.61 bits per heavy atom. The Kier molecular flexibility index (Phi) is 5.91. The van der Waals surface area contributed by atoms with Crippen LogP contribution in [-0.4, -0.2) is 49.8 Å². The van der Waals surface area contributed by atoms with Crippen LogP contribution in [0.25, 0.3) is 5.65 Å². The number of hydrogen-bond donors (Lipinski definition) is 3. The fourth-order valence-corrected chi connectivity index (χ4v) is 4.54. The van der Waals surface area contributed by atoms with Crippen LogP contribution in [-0.2, 0) is 11.2 Å². The number of carbonyl (C=O) groups is 2. The van der Waals surface area contributed by atoms with Crippen LogP contribution in [0.3, 0.4) is 0 Å². The molecule has 3 atom stereocenters. The van der Waals surface area contributed by atoms with Crippen LogP contribution in [0.2, 0.25) is 0 Å². The molecule has 3 N–H and O–H groups in total. The molecule has 1 saturated carbocycles. The highest BCUT2D eigenvalue weighted by Gasteiger charge is 2.47. The van der Waals surface area contributed by atoms with E-state index < -0.39 is 42.1 Å². The van der Waals surface area contributed by atoms with E-state index in [4.69, 9.17) is 0 Å². The molecule has 2 fully saturated rings. The number of carboxylic acid groups (broad SMARTS) is 1. The average Bonchev–Trinajstić information content (AvgIpc) is 3.29. The molecule has 1 aliphatic carbocycles. The van der Waals surface area contributed by atoms with Crippen LogP contribution in [0.4, 0.5) is 26.7 Å². The Bertz CT molecular complexity index is 1050. The minimum Gasteiger partial charge on any atom is -0.465 e. The smallest absolute Gasteiger partial charge is 0.408 e. The first-order chi connectivity index (χ1) is 15.4. The maximum absolute atomic E-state index is 13.5. The minimum absolute atomic E-state index is 0.00359. The first-order valence-electron chi connectivity index (χ1n) is 10.5. The summed E-state index contributed by atoms with van der Waals surface area (Å²) < 4.78 is 67.1. The van der Waals surface area contributed by atoms with Crippen LogP contribution in [0.5, 0.6) is 0 Å². The van der Waals surface area contributed by atoms with E-state index in [1.54, 1.807) is 12.1 Å². The van der Waals surface area contributed by atoms with Gasteiger partial charge in [-0.1, -0.05) is 0 Å². The van der Waals surface area contributed by atoms with Gasteiger partial charge in [0.25, 0.3) is 0 Å². The third kappa shape index (κ3) is 5.17. The lowest BCUT2D eigenvalue weighted by molar-refractivity contribution is -0.154. The highest BCUT2D eigenvalue weighted by molar-refractivity contribution is 5.81. The molecule has 2 unspecified atom stereocenters. The largest absolute Gasteiger partial charge is 0.465 e. The average molecular weight is 475 g/mol. The molecule has 180 valence electrons. The summed E-state index contributed by atoms with van der Waals surface area (Å²) in [4.78, 5) is 27.6. The van der Waals surface area contributed by atoms with E-state index in [-0.39, 0.29) is 44.4 Å². The van der Waals surface area contributed by atoms with Crippen molar-refractivity contribution < 1.29 is 36.6 Å². The molecule has 8 nitrogen and oxygen atoms in total. The van der Waals surface area contributed by atoms with E-state index in [2.05, 4.69) is 15.4 Å². The SMILES string of the molecule is O=C(O)NC(c1cn2nc(CC3C[C@@H](C(F)(F)F)NC3=O)ccc2n1)C1CCC(F)(F)CC1. The zero-order valence-electron chi connectivity index (χ0n) is 17.3. The van der Waals surface area contributed by atoms with Crippen LogP contribution in [0, 0.1) is 11.8 Å². The van der Waals surface area contributed by atoms with Crippen molar-refractivity contribution in [1.29, 1.82) is 0 Å². The number of imidazole rings is 1. The van der Waals surface area contributed by atoms with E-state index in [9.17, 15) is 36.6 Å². The van der Waals surface area contributed by atoms with Gasteiger partial charge in [0.2, 0.25) is 11.8 Å². The normalized spacial score (nSPS) is 24.6. The van der Waals surface area contributed by atoms with Crippen LogP contribution in [0.15, 0.2) is 18.3 Å². The zero-order chi connectivity index (χ0) is 24.0.